The van der Waals surface area contributed by atoms with Crippen LogP contribution in [0.2, 0.25) is 0 Å². The summed E-state index contributed by atoms with van der Waals surface area (Å²) in [6, 6.07) is 8.71. The van der Waals surface area contributed by atoms with Gasteiger partial charge in [0.05, 0.1) is 0 Å². The predicted molar refractivity (Wildman–Crippen MR) is 98.6 cm³/mol. The Labute approximate surface area is 142 Å². The average molecular weight is 319 g/mol. The van der Waals surface area contributed by atoms with Crippen molar-refractivity contribution in [2.45, 2.75) is 90.6 Å². The molecule has 0 radical (unpaired) electrons. The van der Waals surface area contributed by atoms with Crippen LogP contribution in [0.4, 0.5) is 4.39 Å². The third kappa shape index (κ3) is 6.28. The van der Waals surface area contributed by atoms with Crippen LogP contribution in [0.15, 0.2) is 24.3 Å². The van der Waals surface area contributed by atoms with Crippen LogP contribution in [0.25, 0.3) is 0 Å². The second-order valence-electron chi connectivity index (χ2n) is 7.56. The SMILES string of the molecule is CCCCCc1ccc(CC(F)C2CCC(CCC)CC2)cc1. The van der Waals surface area contributed by atoms with Crippen LogP contribution in [0.3, 0.4) is 0 Å². The summed E-state index contributed by atoms with van der Waals surface area (Å²) in [5, 5.41) is 0. The number of alkyl halides is 1. The largest absolute Gasteiger partial charge is 0.247 e. The lowest BCUT2D eigenvalue weighted by Crippen LogP contribution is -2.24. The van der Waals surface area contributed by atoms with Gasteiger partial charge in [-0.3, -0.25) is 0 Å². The summed E-state index contributed by atoms with van der Waals surface area (Å²) in [5.41, 5.74) is 2.57. The normalized spacial score (nSPS) is 22.9. The van der Waals surface area contributed by atoms with E-state index in [0.29, 0.717) is 12.3 Å². The number of rotatable bonds is 9. The summed E-state index contributed by atoms with van der Waals surface area (Å²) in [7, 11) is 0. The smallest absolute Gasteiger partial charge is 0.107 e. The zero-order chi connectivity index (χ0) is 16.5. The van der Waals surface area contributed by atoms with Crippen LogP contribution < -0.4 is 0 Å². The number of benzene rings is 1. The molecule has 2 rings (SSSR count). The lowest BCUT2D eigenvalue weighted by atomic mass is 9.77. The zero-order valence-electron chi connectivity index (χ0n) is 15.2. The van der Waals surface area contributed by atoms with Crippen molar-refractivity contribution < 1.29 is 4.39 Å². The van der Waals surface area contributed by atoms with Crippen molar-refractivity contribution >= 4 is 0 Å². The number of halogens is 1. The standard InChI is InChI=1S/C22H35F/c1-3-5-6-8-19-9-11-20(12-10-19)17-22(23)21-15-13-18(7-4-2)14-16-21/h9-12,18,21-22H,3-8,13-17H2,1-2H3. The molecule has 0 N–H and O–H groups in total. The lowest BCUT2D eigenvalue weighted by molar-refractivity contribution is 0.152. The molecule has 1 aromatic carbocycles. The maximum Gasteiger partial charge on any atom is 0.107 e. The molecule has 0 aromatic heterocycles. The number of hydrogen-bond donors (Lipinski definition) is 0. The van der Waals surface area contributed by atoms with Gasteiger partial charge in [-0.1, -0.05) is 76.6 Å². The van der Waals surface area contributed by atoms with Gasteiger partial charge in [0.2, 0.25) is 0 Å². The maximum absolute atomic E-state index is 14.6. The predicted octanol–water partition coefficient (Wildman–Crippen LogP) is 6.91. The fourth-order valence-electron chi connectivity index (χ4n) is 4.06. The molecule has 23 heavy (non-hydrogen) atoms. The summed E-state index contributed by atoms with van der Waals surface area (Å²) >= 11 is 0. The Morgan fingerprint density at radius 3 is 2.17 bits per heavy atom. The van der Waals surface area contributed by atoms with E-state index in [1.54, 1.807) is 0 Å². The summed E-state index contributed by atoms with van der Waals surface area (Å²) in [4.78, 5) is 0. The summed E-state index contributed by atoms with van der Waals surface area (Å²) in [6.45, 7) is 4.50. The van der Waals surface area contributed by atoms with Crippen LogP contribution in [-0.2, 0) is 12.8 Å². The molecule has 0 spiro atoms. The first-order valence-corrected chi connectivity index (χ1v) is 9.94. The Morgan fingerprint density at radius 2 is 1.57 bits per heavy atom. The van der Waals surface area contributed by atoms with Crippen LogP contribution in [-0.4, -0.2) is 6.17 Å². The molecule has 0 saturated heterocycles. The number of hydrogen-bond acceptors (Lipinski definition) is 0. The van der Waals surface area contributed by atoms with E-state index in [-0.39, 0.29) is 0 Å². The van der Waals surface area contributed by atoms with Gasteiger partial charge in [0.1, 0.15) is 6.17 Å². The Kier molecular flexibility index (Phi) is 8.12. The Balaban J connectivity index is 1.75. The van der Waals surface area contributed by atoms with Gasteiger partial charge >= 0.3 is 0 Å². The molecule has 1 atom stereocenters. The van der Waals surface area contributed by atoms with Gasteiger partial charge in [-0.25, -0.2) is 4.39 Å². The highest BCUT2D eigenvalue weighted by atomic mass is 19.1. The number of aryl methyl sites for hydroxylation is 1. The van der Waals surface area contributed by atoms with Crippen molar-refractivity contribution in [1.29, 1.82) is 0 Å². The first-order valence-electron chi connectivity index (χ1n) is 9.94. The quantitative estimate of drug-likeness (QED) is 0.434. The molecule has 1 heteroatoms. The van der Waals surface area contributed by atoms with Gasteiger partial charge in [0.15, 0.2) is 0 Å². The molecule has 0 heterocycles. The van der Waals surface area contributed by atoms with Crippen LogP contribution in [0.5, 0.6) is 0 Å². The highest BCUT2D eigenvalue weighted by Crippen LogP contribution is 2.35. The monoisotopic (exact) mass is 318 g/mol. The Hall–Kier alpha value is -0.850. The molecule has 0 amide bonds. The molecule has 130 valence electrons. The van der Waals surface area contributed by atoms with Crippen LogP contribution >= 0.6 is 0 Å². The second kappa shape index (κ2) is 10.1. The van der Waals surface area contributed by atoms with Gasteiger partial charge in [0, 0.05) is 6.42 Å². The van der Waals surface area contributed by atoms with Crippen molar-refractivity contribution in [2.75, 3.05) is 0 Å². The minimum Gasteiger partial charge on any atom is -0.247 e. The zero-order valence-corrected chi connectivity index (χ0v) is 15.2. The first-order chi connectivity index (χ1) is 11.2. The van der Waals surface area contributed by atoms with Gasteiger partial charge in [-0.15, -0.1) is 0 Å². The van der Waals surface area contributed by atoms with E-state index in [4.69, 9.17) is 0 Å². The van der Waals surface area contributed by atoms with Gasteiger partial charge in [-0.2, -0.15) is 0 Å². The van der Waals surface area contributed by atoms with Crippen molar-refractivity contribution in [1.82, 2.24) is 0 Å². The van der Waals surface area contributed by atoms with E-state index in [1.807, 2.05) is 0 Å². The van der Waals surface area contributed by atoms with Gasteiger partial charge in [-0.05, 0) is 48.6 Å². The molecular formula is C22H35F. The third-order valence-electron chi connectivity index (χ3n) is 5.62. The first kappa shape index (κ1) is 18.5. The molecule has 1 unspecified atom stereocenters. The van der Waals surface area contributed by atoms with Crippen molar-refractivity contribution in [3.05, 3.63) is 35.4 Å². The minimum atomic E-state index is -0.650. The maximum atomic E-state index is 14.6. The van der Waals surface area contributed by atoms with Crippen molar-refractivity contribution in [2.24, 2.45) is 11.8 Å². The van der Waals surface area contributed by atoms with Gasteiger partial charge < -0.3 is 0 Å². The molecular weight excluding hydrogens is 283 g/mol. The van der Waals surface area contributed by atoms with Crippen LogP contribution in [0, 0.1) is 11.8 Å². The fourth-order valence-corrected chi connectivity index (χ4v) is 4.06. The summed E-state index contributed by atoms with van der Waals surface area (Å²) in [6.07, 6.45) is 12.3. The van der Waals surface area contributed by atoms with E-state index < -0.39 is 6.17 Å². The molecule has 1 aliphatic carbocycles. The molecule has 1 aliphatic rings. The minimum absolute atomic E-state index is 0.298. The van der Waals surface area contributed by atoms with Crippen LogP contribution in [0.1, 0.15) is 82.8 Å². The van der Waals surface area contributed by atoms with Gasteiger partial charge in [0.25, 0.3) is 0 Å². The lowest BCUT2D eigenvalue weighted by Gasteiger charge is -2.30. The fraction of sp³-hybridized carbons (Fsp3) is 0.727. The average Bonchev–Trinajstić information content (AvgIpc) is 2.57. The molecule has 1 fully saturated rings. The highest BCUT2D eigenvalue weighted by Gasteiger charge is 2.27. The molecule has 0 nitrogen and oxygen atoms in total. The topological polar surface area (TPSA) is 0 Å². The van der Waals surface area contributed by atoms with Crippen molar-refractivity contribution in [3.8, 4) is 0 Å². The van der Waals surface area contributed by atoms with Crippen molar-refractivity contribution in [3.63, 3.8) is 0 Å². The molecule has 1 saturated carbocycles. The van der Waals surface area contributed by atoms with E-state index in [2.05, 4.69) is 38.1 Å². The molecule has 0 aliphatic heterocycles. The Morgan fingerprint density at radius 1 is 0.913 bits per heavy atom. The van der Waals surface area contributed by atoms with E-state index in [9.17, 15) is 4.39 Å². The van der Waals surface area contributed by atoms with E-state index >= 15 is 0 Å². The number of unbranched alkanes of at least 4 members (excludes halogenated alkanes) is 2. The summed E-state index contributed by atoms with van der Waals surface area (Å²) < 4.78 is 14.6. The van der Waals surface area contributed by atoms with E-state index in [1.165, 1.54) is 56.1 Å². The van der Waals surface area contributed by atoms with E-state index in [0.717, 1.165) is 25.2 Å². The third-order valence-corrected chi connectivity index (χ3v) is 5.62. The second-order valence-corrected chi connectivity index (χ2v) is 7.56. The molecule has 0 bridgehead atoms. The Bertz CT molecular complexity index is 414. The highest BCUT2D eigenvalue weighted by molar-refractivity contribution is 5.23. The summed E-state index contributed by atoms with van der Waals surface area (Å²) in [5.74, 6) is 1.16. The molecule has 1 aromatic rings.